The lowest BCUT2D eigenvalue weighted by atomic mass is 9.99. The van der Waals surface area contributed by atoms with Crippen LogP contribution in [0.4, 0.5) is 0 Å². The van der Waals surface area contributed by atoms with Crippen LogP contribution in [-0.4, -0.2) is 10.8 Å². The van der Waals surface area contributed by atoms with Crippen molar-refractivity contribution in [1.82, 2.24) is 4.57 Å². The van der Waals surface area contributed by atoms with Crippen LogP contribution in [0, 0.1) is 5.41 Å². The summed E-state index contributed by atoms with van der Waals surface area (Å²) in [6, 6.07) is 28.0. The van der Waals surface area contributed by atoms with Crippen molar-refractivity contribution in [2.45, 2.75) is 13.3 Å². The van der Waals surface area contributed by atoms with Gasteiger partial charge in [0.2, 0.25) is 0 Å². The Kier molecular flexibility index (Phi) is 8.12. The van der Waals surface area contributed by atoms with Crippen LogP contribution in [0.15, 0.2) is 140 Å². The number of aromatic nitrogens is 1. The van der Waals surface area contributed by atoms with Crippen LogP contribution in [-0.2, 0) is 0 Å². The molecule has 4 heteroatoms. The monoisotopic (exact) mass is 534 g/mol. The standard InChI is InChI=1S/C37H34N4/c1-3-10-31(25-40)29-15-17-33-30(22-29)16-19-35-34-18-14-28(26(2)21-27(24-39)11-6-5-9-20-38)23-36(34)41(37(33)35)32-12-7-4-8-13-32/h3-10,12-25,40H,1,11,38-39H2,2H3/b6-5-,20-9-,26-21+,27-24-,31-10+,40-25?. The van der Waals surface area contributed by atoms with Crippen molar-refractivity contribution >= 4 is 49.9 Å². The minimum absolute atomic E-state index is 0.723. The molecule has 0 saturated carbocycles. The number of hydrogen-bond acceptors (Lipinski definition) is 3. The highest BCUT2D eigenvalue weighted by Crippen LogP contribution is 2.38. The number of nitrogens with one attached hydrogen (secondary N) is 1. The zero-order valence-corrected chi connectivity index (χ0v) is 23.2. The molecule has 202 valence electrons. The van der Waals surface area contributed by atoms with Crippen LogP contribution in [0.3, 0.4) is 0 Å². The third kappa shape index (κ3) is 5.41. The summed E-state index contributed by atoms with van der Waals surface area (Å²) >= 11 is 0. The molecule has 0 aliphatic carbocycles. The van der Waals surface area contributed by atoms with Gasteiger partial charge in [-0.2, -0.15) is 0 Å². The van der Waals surface area contributed by atoms with Crippen molar-refractivity contribution in [2.24, 2.45) is 11.5 Å². The predicted molar refractivity (Wildman–Crippen MR) is 178 cm³/mol. The maximum atomic E-state index is 7.85. The predicted octanol–water partition coefficient (Wildman–Crippen LogP) is 8.82. The Bertz CT molecular complexity index is 1910. The van der Waals surface area contributed by atoms with E-state index >= 15 is 0 Å². The second kappa shape index (κ2) is 12.2. The van der Waals surface area contributed by atoms with Crippen molar-refractivity contribution in [3.63, 3.8) is 0 Å². The van der Waals surface area contributed by atoms with Crippen molar-refractivity contribution in [1.29, 1.82) is 5.41 Å². The van der Waals surface area contributed by atoms with E-state index < -0.39 is 0 Å². The van der Waals surface area contributed by atoms with Gasteiger partial charge in [-0.15, -0.1) is 0 Å². The summed E-state index contributed by atoms with van der Waals surface area (Å²) in [6.45, 7) is 5.92. The zero-order valence-electron chi connectivity index (χ0n) is 23.2. The summed E-state index contributed by atoms with van der Waals surface area (Å²) < 4.78 is 2.36. The van der Waals surface area contributed by atoms with E-state index in [4.69, 9.17) is 16.9 Å². The third-order valence-corrected chi connectivity index (χ3v) is 7.33. The molecule has 0 fully saturated rings. The van der Waals surface area contributed by atoms with Crippen molar-refractivity contribution in [3.05, 3.63) is 151 Å². The molecule has 1 heterocycles. The van der Waals surface area contributed by atoms with Crippen LogP contribution in [0.5, 0.6) is 0 Å². The van der Waals surface area contributed by atoms with Gasteiger partial charge in [0, 0.05) is 28.1 Å². The second-order valence-electron chi connectivity index (χ2n) is 9.89. The molecule has 5 aromatic rings. The largest absolute Gasteiger partial charge is 0.405 e. The first-order valence-corrected chi connectivity index (χ1v) is 13.6. The number of fused-ring (bicyclic) bond motifs is 5. The molecule has 0 amide bonds. The first-order valence-electron chi connectivity index (χ1n) is 13.6. The number of rotatable bonds is 9. The smallest absolute Gasteiger partial charge is 0.0619 e. The van der Waals surface area contributed by atoms with Gasteiger partial charge in [-0.3, -0.25) is 0 Å². The fraction of sp³-hybridized carbons (Fsp3) is 0.0541. The average molecular weight is 535 g/mol. The van der Waals surface area contributed by atoms with Gasteiger partial charge in [0.05, 0.1) is 11.0 Å². The number of para-hydroxylation sites is 1. The molecule has 5 rings (SSSR count). The highest BCUT2D eigenvalue weighted by Gasteiger charge is 2.16. The quantitative estimate of drug-likeness (QED) is 0.130. The number of hydrogen-bond donors (Lipinski definition) is 3. The highest BCUT2D eigenvalue weighted by molar-refractivity contribution is 6.19. The van der Waals surface area contributed by atoms with E-state index in [2.05, 4.69) is 96.9 Å². The number of benzene rings is 4. The molecule has 0 radical (unpaired) electrons. The second-order valence-corrected chi connectivity index (χ2v) is 9.89. The molecular formula is C37H34N4. The van der Waals surface area contributed by atoms with Gasteiger partial charge in [0.1, 0.15) is 0 Å². The molecular weight excluding hydrogens is 500 g/mol. The molecule has 4 nitrogen and oxygen atoms in total. The fourth-order valence-corrected chi connectivity index (χ4v) is 5.34. The Morgan fingerprint density at radius 3 is 2.37 bits per heavy atom. The third-order valence-electron chi connectivity index (χ3n) is 7.33. The fourth-order valence-electron chi connectivity index (χ4n) is 5.34. The van der Waals surface area contributed by atoms with E-state index in [-0.39, 0.29) is 0 Å². The molecule has 0 bridgehead atoms. The lowest BCUT2D eigenvalue weighted by Gasteiger charge is -2.11. The van der Waals surface area contributed by atoms with Crippen molar-refractivity contribution < 1.29 is 0 Å². The Morgan fingerprint density at radius 2 is 1.63 bits per heavy atom. The summed E-state index contributed by atoms with van der Waals surface area (Å²) in [5.41, 5.74) is 19.9. The van der Waals surface area contributed by atoms with E-state index in [1.165, 1.54) is 28.7 Å². The van der Waals surface area contributed by atoms with Crippen LogP contribution >= 0.6 is 0 Å². The summed E-state index contributed by atoms with van der Waals surface area (Å²) in [5.74, 6) is 0. The SMILES string of the molecule is C=C/C=C(\C=N)c1ccc2c(ccc3c4ccc(/C(C)=C/C(=C\N)C/C=C\C=C/N)cc4n(-c4ccccc4)c23)c1. The zero-order chi connectivity index (χ0) is 28.8. The summed E-state index contributed by atoms with van der Waals surface area (Å²) in [4.78, 5) is 0. The molecule has 4 aromatic carbocycles. The minimum Gasteiger partial charge on any atom is -0.405 e. The number of allylic oxidation sites excluding steroid dienone is 9. The molecule has 0 atom stereocenters. The van der Waals surface area contributed by atoms with Crippen LogP contribution in [0.2, 0.25) is 0 Å². The van der Waals surface area contributed by atoms with E-state index in [1.807, 2.05) is 24.3 Å². The molecule has 0 unspecified atom stereocenters. The molecule has 41 heavy (non-hydrogen) atoms. The van der Waals surface area contributed by atoms with Gasteiger partial charge in [-0.25, -0.2) is 0 Å². The van der Waals surface area contributed by atoms with Gasteiger partial charge >= 0.3 is 0 Å². The summed E-state index contributed by atoms with van der Waals surface area (Å²) in [7, 11) is 0. The maximum absolute atomic E-state index is 7.85. The van der Waals surface area contributed by atoms with Gasteiger partial charge in [-0.05, 0) is 89.3 Å². The minimum atomic E-state index is 0.723. The molecule has 0 aliphatic rings. The Hall–Kier alpha value is -5.35. The summed E-state index contributed by atoms with van der Waals surface area (Å²) in [6.07, 6.45) is 16.8. The normalized spacial score (nSPS) is 13.2. The van der Waals surface area contributed by atoms with E-state index in [1.54, 1.807) is 18.4 Å². The van der Waals surface area contributed by atoms with Gasteiger partial charge in [0.25, 0.3) is 0 Å². The van der Waals surface area contributed by atoms with Gasteiger partial charge in [-0.1, -0.05) is 91.6 Å². The molecule has 0 spiro atoms. The first-order chi connectivity index (χ1) is 20.1. The molecule has 1 aromatic heterocycles. The lowest BCUT2D eigenvalue weighted by Crippen LogP contribution is -1.95. The Balaban J connectivity index is 1.73. The Labute approximate surface area is 241 Å². The molecule has 5 N–H and O–H groups in total. The van der Waals surface area contributed by atoms with E-state index in [9.17, 15) is 0 Å². The van der Waals surface area contributed by atoms with E-state index in [0.29, 0.717) is 0 Å². The van der Waals surface area contributed by atoms with Gasteiger partial charge < -0.3 is 21.4 Å². The highest BCUT2D eigenvalue weighted by atomic mass is 15.0. The Morgan fingerprint density at radius 1 is 0.878 bits per heavy atom. The van der Waals surface area contributed by atoms with E-state index in [0.717, 1.165) is 56.2 Å². The van der Waals surface area contributed by atoms with Gasteiger partial charge in [0.15, 0.2) is 0 Å². The van der Waals surface area contributed by atoms with Crippen LogP contribution in [0.1, 0.15) is 24.5 Å². The number of nitrogens with two attached hydrogens (primary N) is 2. The van der Waals surface area contributed by atoms with Crippen molar-refractivity contribution in [2.75, 3.05) is 0 Å². The van der Waals surface area contributed by atoms with Crippen molar-refractivity contribution in [3.8, 4) is 5.69 Å². The lowest BCUT2D eigenvalue weighted by molar-refractivity contribution is 1.18. The van der Waals surface area contributed by atoms with Crippen LogP contribution in [0.25, 0.3) is 49.4 Å². The molecule has 0 saturated heterocycles. The molecule has 0 aliphatic heterocycles. The first kappa shape index (κ1) is 27.2. The summed E-state index contributed by atoms with van der Waals surface area (Å²) in [5, 5.41) is 12.5. The maximum Gasteiger partial charge on any atom is 0.0619 e. The number of nitrogens with zero attached hydrogens (tertiary/aromatic N) is 1. The topological polar surface area (TPSA) is 80.8 Å². The van der Waals surface area contributed by atoms with Crippen LogP contribution < -0.4 is 11.5 Å². The average Bonchev–Trinajstić information content (AvgIpc) is 3.35.